The average Bonchev–Trinajstić information content (AvgIpc) is 2.47. The Morgan fingerprint density at radius 2 is 1.89 bits per heavy atom. The summed E-state index contributed by atoms with van der Waals surface area (Å²) in [5.41, 5.74) is 5.92. The molecule has 4 nitrogen and oxygen atoms in total. The molecule has 0 amide bonds. The highest BCUT2D eigenvalue weighted by atomic mass is 16.5. The fourth-order valence-electron chi connectivity index (χ4n) is 3.24. The largest absolute Gasteiger partial charge is 0.465 e. The summed E-state index contributed by atoms with van der Waals surface area (Å²) in [6.07, 6.45) is 8.36. The molecule has 2 fully saturated rings. The number of hydrogen-bond donors (Lipinski definition) is 1. The van der Waals surface area contributed by atoms with Crippen LogP contribution >= 0.6 is 0 Å². The van der Waals surface area contributed by atoms with Crippen molar-refractivity contribution in [2.75, 3.05) is 26.4 Å². The molecule has 0 aromatic heterocycles. The van der Waals surface area contributed by atoms with Gasteiger partial charge in [-0.2, -0.15) is 0 Å². The third-order valence-electron chi connectivity index (χ3n) is 4.69. The summed E-state index contributed by atoms with van der Waals surface area (Å²) in [4.78, 5) is 12.0. The van der Waals surface area contributed by atoms with Crippen LogP contribution in [0.4, 0.5) is 0 Å². The molecule has 1 saturated heterocycles. The third-order valence-corrected chi connectivity index (χ3v) is 4.69. The maximum absolute atomic E-state index is 12.0. The molecule has 1 saturated carbocycles. The predicted molar refractivity (Wildman–Crippen MR) is 73.7 cm³/mol. The second-order valence-electron chi connectivity index (χ2n) is 6.18. The summed E-state index contributed by atoms with van der Waals surface area (Å²) in [5.74, 6) is 0.428. The highest BCUT2D eigenvalue weighted by molar-refractivity contribution is 5.70. The van der Waals surface area contributed by atoms with Crippen molar-refractivity contribution >= 4 is 5.97 Å². The lowest BCUT2D eigenvalue weighted by Gasteiger charge is -2.35. The maximum Gasteiger partial charge on any atom is 0.306 e. The molecule has 0 aromatic rings. The Hall–Kier alpha value is -0.610. The molecule has 2 rings (SSSR count). The molecule has 0 spiro atoms. The molecule has 1 heterocycles. The van der Waals surface area contributed by atoms with E-state index in [4.69, 9.17) is 15.2 Å². The van der Waals surface area contributed by atoms with Crippen LogP contribution in [0.25, 0.3) is 0 Å². The van der Waals surface area contributed by atoms with Crippen LogP contribution < -0.4 is 5.73 Å². The Balaban J connectivity index is 1.72. The van der Waals surface area contributed by atoms with E-state index in [1.807, 2.05) is 0 Å². The molecule has 110 valence electrons. The van der Waals surface area contributed by atoms with Gasteiger partial charge < -0.3 is 15.2 Å². The molecule has 4 heteroatoms. The Labute approximate surface area is 116 Å². The quantitative estimate of drug-likeness (QED) is 0.778. The van der Waals surface area contributed by atoms with Crippen molar-refractivity contribution in [2.24, 2.45) is 17.1 Å². The molecular weight excluding hydrogens is 242 g/mol. The number of ether oxygens (including phenoxy) is 2. The minimum absolute atomic E-state index is 0.0189. The van der Waals surface area contributed by atoms with E-state index in [0.717, 1.165) is 38.9 Å². The number of esters is 1. The molecule has 0 unspecified atom stereocenters. The van der Waals surface area contributed by atoms with Crippen molar-refractivity contribution in [3.63, 3.8) is 0 Å². The van der Waals surface area contributed by atoms with E-state index in [2.05, 4.69) is 0 Å². The van der Waals surface area contributed by atoms with Gasteiger partial charge in [0.1, 0.15) is 0 Å². The van der Waals surface area contributed by atoms with E-state index in [-0.39, 0.29) is 11.4 Å². The first-order valence-electron chi connectivity index (χ1n) is 7.68. The SMILES string of the molecule is NCC1(CC(=O)OCC2CCOCC2)CCCCC1. The van der Waals surface area contributed by atoms with Crippen molar-refractivity contribution in [1.29, 1.82) is 0 Å². The highest BCUT2D eigenvalue weighted by Crippen LogP contribution is 2.38. The summed E-state index contributed by atoms with van der Waals surface area (Å²) in [7, 11) is 0. The van der Waals surface area contributed by atoms with Crippen LogP contribution in [0, 0.1) is 11.3 Å². The predicted octanol–water partition coefficient (Wildman–Crippen LogP) is 2.26. The van der Waals surface area contributed by atoms with Crippen LogP contribution in [0.15, 0.2) is 0 Å². The fraction of sp³-hybridized carbons (Fsp3) is 0.933. The summed E-state index contributed by atoms with van der Waals surface area (Å²) in [6, 6.07) is 0. The van der Waals surface area contributed by atoms with Crippen molar-refractivity contribution in [1.82, 2.24) is 0 Å². The van der Waals surface area contributed by atoms with Crippen molar-refractivity contribution < 1.29 is 14.3 Å². The minimum atomic E-state index is -0.0566. The Morgan fingerprint density at radius 3 is 2.53 bits per heavy atom. The zero-order valence-electron chi connectivity index (χ0n) is 11.9. The zero-order chi connectivity index (χ0) is 13.6. The molecule has 2 aliphatic rings. The Morgan fingerprint density at radius 1 is 1.21 bits per heavy atom. The number of hydrogen-bond acceptors (Lipinski definition) is 4. The fourth-order valence-corrected chi connectivity index (χ4v) is 3.24. The van der Waals surface area contributed by atoms with Crippen LogP contribution in [-0.2, 0) is 14.3 Å². The maximum atomic E-state index is 12.0. The molecule has 0 atom stereocenters. The van der Waals surface area contributed by atoms with Gasteiger partial charge in [-0.1, -0.05) is 19.3 Å². The summed E-state index contributed by atoms with van der Waals surface area (Å²) in [5, 5.41) is 0. The average molecular weight is 269 g/mol. The first kappa shape index (κ1) is 14.8. The standard InChI is InChI=1S/C15H27NO3/c16-12-15(6-2-1-3-7-15)10-14(17)19-11-13-4-8-18-9-5-13/h13H,1-12,16H2. The van der Waals surface area contributed by atoms with Gasteiger partial charge in [0.25, 0.3) is 0 Å². The smallest absolute Gasteiger partial charge is 0.306 e. The van der Waals surface area contributed by atoms with Gasteiger partial charge in [-0.25, -0.2) is 0 Å². The summed E-state index contributed by atoms with van der Waals surface area (Å²) >= 11 is 0. The van der Waals surface area contributed by atoms with Gasteiger partial charge >= 0.3 is 5.97 Å². The van der Waals surface area contributed by atoms with Crippen molar-refractivity contribution in [3.05, 3.63) is 0 Å². The molecule has 2 N–H and O–H groups in total. The number of carbonyl (C=O) groups excluding carboxylic acids is 1. The number of rotatable bonds is 5. The van der Waals surface area contributed by atoms with E-state index >= 15 is 0 Å². The number of carbonyl (C=O) groups is 1. The second-order valence-corrected chi connectivity index (χ2v) is 6.18. The van der Waals surface area contributed by atoms with Crippen LogP contribution in [0.1, 0.15) is 51.4 Å². The van der Waals surface area contributed by atoms with E-state index < -0.39 is 0 Å². The monoisotopic (exact) mass is 269 g/mol. The highest BCUT2D eigenvalue weighted by Gasteiger charge is 2.33. The lowest BCUT2D eigenvalue weighted by Crippen LogP contribution is -2.36. The number of nitrogens with two attached hydrogens (primary N) is 1. The van der Waals surface area contributed by atoms with Gasteiger partial charge in [-0.15, -0.1) is 0 Å². The minimum Gasteiger partial charge on any atom is -0.465 e. The lowest BCUT2D eigenvalue weighted by atomic mass is 9.72. The van der Waals surface area contributed by atoms with Crippen LogP contribution in [0.2, 0.25) is 0 Å². The third kappa shape index (κ3) is 4.46. The van der Waals surface area contributed by atoms with Crippen LogP contribution in [-0.4, -0.2) is 32.3 Å². The summed E-state index contributed by atoms with van der Waals surface area (Å²) in [6.45, 7) is 2.77. The van der Waals surface area contributed by atoms with Gasteiger partial charge in [0.05, 0.1) is 13.0 Å². The topological polar surface area (TPSA) is 61.6 Å². The van der Waals surface area contributed by atoms with Crippen LogP contribution in [0.3, 0.4) is 0 Å². The molecule has 1 aliphatic heterocycles. The van der Waals surface area contributed by atoms with E-state index in [1.165, 1.54) is 19.3 Å². The molecule has 0 radical (unpaired) electrons. The first-order chi connectivity index (χ1) is 9.24. The van der Waals surface area contributed by atoms with E-state index in [9.17, 15) is 4.79 Å². The van der Waals surface area contributed by atoms with Gasteiger partial charge in [0.15, 0.2) is 0 Å². The van der Waals surface area contributed by atoms with E-state index in [0.29, 0.717) is 25.5 Å². The Bertz CT molecular complexity index is 281. The molecular formula is C15H27NO3. The van der Waals surface area contributed by atoms with Crippen molar-refractivity contribution in [2.45, 2.75) is 51.4 Å². The Kier molecular flexibility index (Phi) is 5.64. The normalized spacial score (nSPS) is 24.1. The van der Waals surface area contributed by atoms with Gasteiger partial charge in [0, 0.05) is 13.2 Å². The second kappa shape index (κ2) is 7.25. The van der Waals surface area contributed by atoms with E-state index in [1.54, 1.807) is 0 Å². The first-order valence-corrected chi connectivity index (χ1v) is 7.68. The molecule has 0 aromatic carbocycles. The summed E-state index contributed by atoms with van der Waals surface area (Å²) < 4.78 is 10.8. The van der Waals surface area contributed by atoms with Gasteiger partial charge in [-0.3, -0.25) is 4.79 Å². The lowest BCUT2D eigenvalue weighted by molar-refractivity contribution is -0.149. The zero-order valence-corrected chi connectivity index (χ0v) is 11.9. The van der Waals surface area contributed by atoms with Crippen LogP contribution in [0.5, 0.6) is 0 Å². The molecule has 19 heavy (non-hydrogen) atoms. The molecule has 1 aliphatic carbocycles. The van der Waals surface area contributed by atoms with Gasteiger partial charge in [0.2, 0.25) is 0 Å². The molecule has 0 bridgehead atoms. The van der Waals surface area contributed by atoms with Crippen molar-refractivity contribution in [3.8, 4) is 0 Å². The van der Waals surface area contributed by atoms with Gasteiger partial charge in [-0.05, 0) is 43.6 Å².